The third-order valence-electron chi connectivity index (χ3n) is 3.42. The van der Waals surface area contributed by atoms with Gasteiger partial charge in [0.1, 0.15) is 5.69 Å². The van der Waals surface area contributed by atoms with E-state index >= 15 is 0 Å². The predicted molar refractivity (Wildman–Crippen MR) is 81.7 cm³/mol. The molecule has 4 nitrogen and oxygen atoms in total. The molecule has 0 spiro atoms. The smallest absolute Gasteiger partial charge is 0.270 e. The number of likely N-dealkylation sites (tertiary alicyclic amines) is 1. The summed E-state index contributed by atoms with van der Waals surface area (Å²) in [5, 5.41) is 4.77. The molecule has 0 aliphatic carbocycles. The van der Waals surface area contributed by atoms with Crippen LogP contribution in [0.3, 0.4) is 0 Å². The van der Waals surface area contributed by atoms with Crippen molar-refractivity contribution in [1.29, 1.82) is 0 Å². The molecule has 1 aliphatic rings. The molecule has 1 aromatic heterocycles. The van der Waals surface area contributed by atoms with Gasteiger partial charge in [-0.2, -0.15) is 0 Å². The van der Waals surface area contributed by atoms with Gasteiger partial charge >= 0.3 is 0 Å². The van der Waals surface area contributed by atoms with Crippen molar-refractivity contribution in [1.82, 2.24) is 15.2 Å². The molecule has 1 aliphatic heterocycles. The van der Waals surface area contributed by atoms with E-state index in [9.17, 15) is 4.79 Å². The van der Waals surface area contributed by atoms with E-state index in [2.05, 4.69) is 34.0 Å². The van der Waals surface area contributed by atoms with Gasteiger partial charge in [0.05, 0.1) is 12.1 Å². The second-order valence-corrected chi connectivity index (χ2v) is 5.75. The van der Waals surface area contributed by atoms with E-state index in [1.165, 1.54) is 24.2 Å². The van der Waals surface area contributed by atoms with Crippen molar-refractivity contribution in [3.05, 3.63) is 16.6 Å². The standard InChI is InChI=1S/C15H21N3OS/c1-2-3-4-7-18-8-5-6-13(10-18)9-16-15(19)14-11-20-12-17-14/h11-13H,2,5-10H2,1H3,(H,16,19). The van der Waals surface area contributed by atoms with E-state index in [4.69, 9.17) is 0 Å². The number of thiazole rings is 1. The first-order chi connectivity index (χ1) is 9.79. The summed E-state index contributed by atoms with van der Waals surface area (Å²) in [6, 6.07) is 0. The fourth-order valence-corrected chi connectivity index (χ4v) is 2.94. The number of aromatic nitrogens is 1. The maximum Gasteiger partial charge on any atom is 0.270 e. The summed E-state index contributed by atoms with van der Waals surface area (Å²) in [7, 11) is 0. The maximum absolute atomic E-state index is 11.8. The quantitative estimate of drug-likeness (QED) is 0.863. The molecule has 1 fully saturated rings. The molecule has 5 heteroatoms. The monoisotopic (exact) mass is 291 g/mol. The van der Waals surface area contributed by atoms with E-state index < -0.39 is 0 Å². The van der Waals surface area contributed by atoms with Crippen LogP contribution in [-0.4, -0.2) is 42.0 Å². The van der Waals surface area contributed by atoms with Gasteiger partial charge < -0.3 is 5.32 Å². The van der Waals surface area contributed by atoms with Crippen LogP contribution >= 0.6 is 11.3 Å². The molecule has 0 aromatic carbocycles. The first kappa shape index (κ1) is 15.0. The van der Waals surface area contributed by atoms with Crippen molar-refractivity contribution < 1.29 is 4.79 Å². The summed E-state index contributed by atoms with van der Waals surface area (Å²) in [5.41, 5.74) is 2.21. The number of nitrogens with one attached hydrogen (secondary N) is 1. The highest BCUT2D eigenvalue weighted by molar-refractivity contribution is 7.07. The maximum atomic E-state index is 11.8. The summed E-state index contributed by atoms with van der Waals surface area (Å²) >= 11 is 1.45. The van der Waals surface area contributed by atoms with Gasteiger partial charge in [0, 0.05) is 24.9 Å². The summed E-state index contributed by atoms with van der Waals surface area (Å²) < 4.78 is 0. The topological polar surface area (TPSA) is 45.2 Å². The molecule has 108 valence electrons. The van der Waals surface area contributed by atoms with Crippen LogP contribution in [0.2, 0.25) is 0 Å². The highest BCUT2D eigenvalue weighted by Crippen LogP contribution is 2.15. The zero-order valence-corrected chi connectivity index (χ0v) is 12.7. The minimum Gasteiger partial charge on any atom is -0.350 e. The number of hydrogen-bond acceptors (Lipinski definition) is 4. The number of nitrogens with zero attached hydrogens (tertiary/aromatic N) is 2. The molecule has 1 N–H and O–H groups in total. The Bertz CT molecular complexity index is 475. The summed E-state index contributed by atoms with van der Waals surface area (Å²) in [6.07, 6.45) is 3.28. The molecule has 1 atom stereocenters. The minimum absolute atomic E-state index is 0.0610. The highest BCUT2D eigenvalue weighted by atomic mass is 32.1. The van der Waals surface area contributed by atoms with Crippen LogP contribution in [0.25, 0.3) is 0 Å². The summed E-state index contributed by atoms with van der Waals surface area (Å²) in [5.74, 6) is 6.77. The second kappa shape index (κ2) is 8.03. The Labute approximate surface area is 124 Å². The fourth-order valence-electron chi connectivity index (χ4n) is 2.41. The Morgan fingerprint density at radius 1 is 1.60 bits per heavy atom. The molecule has 20 heavy (non-hydrogen) atoms. The number of hydrogen-bond donors (Lipinski definition) is 1. The van der Waals surface area contributed by atoms with Gasteiger partial charge in [-0.1, -0.05) is 12.8 Å². The Balaban J connectivity index is 1.74. The first-order valence-corrected chi connectivity index (χ1v) is 8.08. The normalized spacial score (nSPS) is 19.1. The number of carbonyl (C=O) groups excluding carboxylic acids is 1. The van der Waals surface area contributed by atoms with Gasteiger partial charge in [-0.05, 0) is 25.3 Å². The third kappa shape index (κ3) is 4.62. The van der Waals surface area contributed by atoms with Gasteiger partial charge in [0.15, 0.2) is 0 Å². The zero-order chi connectivity index (χ0) is 14.2. The molecule has 1 aromatic rings. The molecular formula is C15H21N3OS. The van der Waals surface area contributed by atoms with Crippen LogP contribution in [0.4, 0.5) is 0 Å². The van der Waals surface area contributed by atoms with Crippen molar-refractivity contribution in [2.24, 2.45) is 5.92 Å². The van der Waals surface area contributed by atoms with Crippen LogP contribution in [0, 0.1) is 17.8 Å². The Morgan fingerprint density at radius 3 is 3.25 bits per heavy atom. The lowest BCUT2D eigenvalue weighted by Gasteiger charge is -2.31. The highest BCUT2D eigenvalue weighted by Gasteiger charge is 2.20. The molecular weight excluding hydrogens is 270 g/mol. The van der Waals surface area contributed by atoms with Crippen LogP contribution in [-0.2, 0) is 0 Å². The second-order valence-electron chi connectivity index (χ2n) is 5.03. The SMILES string of the molecule is CCC#CCN1CCCC(CNC(=O)c2cscn2)C1. The van der Waals surface area contributed by atoms with Crippen molar-refractivity contribution >= 4 is 17.2 Å². The van der Waals surface area contributed by atoms with Crippen LogP contribution in [0.5, 0.6) is 0 Å². The largest absolute Gasteiger partial charge is 0.350 e. The lowest BCUT2D eigenvalue weighted by molar-refractivity contribution is 0.0931. The van der Waals surface area contributed by atoms with Crippen molar-refractivity contribution in [3.8, 4) is 11.8 Å². The number of carbonyl (C=O) groups is 1. The Kier molecular flexibility index (Phi) is 6.03. The minimum atomic E-state index is -0.0610. The van der Waals surface area contributed by atoms with E-state index in [1.807, 2.05) is 0 Å². The van der Waals surface area contributed by atoms with Gasteiger partial charge in [0.2, 0.25) is 0 Å². The lowest BCUT2D eigenvalue weighted by Crippen LogP contribution is -2.41. The van der Waals surface area contributed by atoms with E-state index in [0.29, 0.717) is 11.6 Å². The number of piperidine rings is 1. The van der Waals surface area contributed by atoms with E-state index in [1.54, 1.807) is 10.9 Å². The van der Waals surface area contributed by atoms with Crippen molar-refractivity contribution in [3.63, 3.8) is 0 Å². The van der Waals surface area contributed by atoms with Gasteiger partial charge in [-0.25, -0.2) is 4.98 Å². The van der Waals surface area contributed by atoms with Gasteiger partial charge in [-0.3, -0.25) is 9.69 Å². The summed E-state index contributed by atoms with van der Waals surface area (Å²) in [4.78, 5) is 18.2. The van der Waals surface area contributed by atoms with Crippen molar-refractivity contribution in [2.45, 2.75) is 26.2 Å². The first-order valence-electron chi connectivity index (χ1n) is 7.14. The van der Waals surface area contributed by atoms with Crippen LogP contribution < -0.4 is 5.32 Å². The molecule has 2 rings (SSSR count). The molecule has 2 heterocycles. The molecule has 0 radical (unpaired) electrons. The molecule has 0 saturated carbocycles. The molecule has 1 unspecified atom stereocenters. The summed E-state index contributed by atoms with van der Waals surface area (Å²) in [6.45, 7) is 5.79. The lowest BCUT2D eigenvalue weighted by atomic mass is 9.98. The Hall–Kier alpha value is -1.38. The predicted octanol–water partition coefficient (Wildman–Crippen LogP) is 2.00. The molecule has 1 saturated heterocycles. The zero-order valence-electron chi connectivity index (χ0n) is 11.9. The van der Waals surface area contributed by atoms with Gasteiger partial charge in [0.25, 0.3) is 5.91 Å². The number of amides is 1. The fraction of sp³-hybridized carbons (Fsp3) is 0.600. The number of rotatable bonds is 4. The average molecular weight is 291 g/mol. The average Bonchev–Trinajstić information content (AvgIpc) is 3.00. The van der Waals surface area contributed by atoms with Gasteiger partial charge in [-0.15, -0.1) is 17.3 Å². The van der Waals surface area contributed by atoms with Crippen LogP contribution in [0.1, 0.15) is 36.7 Å². The van der Waals surface area contributed by atoms with Crippen molar-refractivity contribution in [2.75, 3.05) is 26.2 Å². The Morgan fingerprint density at radius 2 is 2.50 bits per heavy atom. The van der Waals surface area contributed by atoms with Crippen LogP contribution in [0.15, 0.2) is 10.9 Å². The molecule has 0 bridgehead atoms. The third-order valence-corrected chi connectivity index (χ3v) is 4.01. The van der Waals surface area contributed by atoms with E-state index in [0.717, 1.165) is 32.6 Å². The van der Waals surface area contributed by atoms with E-state index in [-0.39, 0.29) is 5.91 Å². The molecule has 1 amide bonds.